The molecule has 2 aliphatic rings. The molecule has 1 amide bonds. The van der Waals surface area contributed by atoms with Gasteiger partial charge in [-0.05, 0) is 68.1 Å². The van der Waals surface area contributed by atoms with Gasteiger partial charge in [-0.25, -0.2) is 0 Å². The van der Waals surface area contributed by atoms with Crippen molar-refractivity contribution in [3.8, 4) is 0 Å². The van der Waals surface area contributed by atoms with Crippen LogP contribution in [0.2, 0.25) is 5.02 Å². The molecule has 0 aromatic heterocycles. The van der Waals surface area contributed by atoms with Gasteiger partial charge in [0.15, 0.2) is 0 Å². The standard InChI is InChI=1S/C22H25ClN2O/c23-20-8-3-5-17(15-20)16-24-13-10-19(11-14-24)22(26)25-12-4-7-18-6-1-2-9-21(18)25/h1-3,5-6,8-9,15,19H,4,7,10-14,16H2. The second kappa shape index (κ2) is 7.81. The Bertz CT molecular complexity index is 783. The van der Waals surface area contributed by atoms with E-state index in [1.54, 1.807) is 0 Å². The number of carbonyl (C=O) groups excluding carboxylic acids is 1. The Morgan fingerprint density at radius 3 is 2.65 bits per heavy atom. The summed E-state index contributed by atoms with van der Waals surface area (Å²) in [6.45, 7) is 3.71. The minimum atomic E-state index is 0.150. The molecule has 2 aromatic carbocycles. The summed E-state index contributed by atoms with van der Waals surface area (Å²) in [4.78, 5) is 17.6. The van der Waals surface area contributed by atoms with Crippen molar-refractivity contribution in [3.05, 3.63) is 64.7 Å². The van der Waals surface area contributed by atoms with Crippen LogP contribution >= 0.6 is 11.6 Å². The number of aryl methyl sites for hydroxylation is 1. The predicted octanol–water partition coefficient (Wildman–Crippen LogP) is 4.53. The highest BCUT2D eigenvalue weighted by Gasteiger charge is 2.31. The van der Waals surface area contributed by atoms with Crippen molar-refractivity contribution in [1.82, 2.24) is 4.90 Å². The minimum absolute atomic E-state index is 0.150. The molecule has 26 heavy (non-hydrogen) atoms. The first-order valence-electron chi connectivity index (χ1n) is 9.57. The molecule has 0 spiro atoms. The van der Waals surface area contributed by atoms with E-state index in [9.17, 15) is 4.79 Å². The third kappa shape index (κ3) is 3.79. The Hall–Kier alpha value is -1.84. The maximum atomic E-state index is 13.1. The SMILES string of the molecule is O=C(C1CCN(Cc2cccc(Cl)c2)CC1)N1CCCc2ccccc21. The topological polar surface area (TPSA) is 23.6 Å². The number of nitrogens with zero attached hydrogens (tertiary/aromatic N) is 2. The number of amides is 1. The second-order valence-electron chi connectivity index (χ2n) is 7.40. The van der Waals surface area contributed by atoms with Gasteiger partial charge in [-0.2, -0.15) is 0 Å². The molecule has 4 heteroatoms. The quantitative estimate of drug-likeness (QED) is 0.794. The molecule has 0 bridgehead atoms. The molecule has 0 unspecified atom stereocenters. The Morgan fingerprint density at radius 1 is 1.04 bits per heavy atom. The van der Waals surface area contributed by atoms with E-state index < -0.39 is 0 Å². The van der Waals surface area contributed by atoms with Crippen molar-refractivity contribution in [3.63, 3.8) is 0 Å². The Morgan fingerprint density at radius 2 is 1.85 bits per heavy atom. The van der Waals surface area contributed by atoms with Crippen molar-refractivity contribution in [2.75, 3.05) is 24.5 Å². The molecule has 4 rings (SSSR count). The van der Waals surface area contributed by atoms with Gasteiger partial charge in [-0.1, -0.05) is 41.9 Å². The van der Waals surface area contributed by atoms with Crippen LogP contribution in [0.25, 0.3) is 0 Å². The van der Waals surface area contributed by atoms with Crippen molar-refractivity contribution >= 4 is 23.2 Å². The fourth-order valence-corrected chi connectivity index (χ4v) is 4.43. The zero-order valence-corrected chi connectivity index (χ0v) is 15.8. The van der Waals surface area contributed by atoms with E-state index in [-0.39, 0.29) is 5.92 Å². The molecule has 136 valence electrons. The fourth-order valence-electron chi connectivity index (χ4n) is 4.21. The minimum Gasteiger partial charge on any atom is -0.312 e. The zero-order chi connectivity index (χ0) is 17.9. The van der Waals surface area contributed by atoms with Gasteiger partial charge in [0.1, 0.15) is 0 Å². The van der Waals surface area contributed by atoms with Crippen LogP contribution in [-0.4, -0.2) is 30.4 Å². The number of hydrogen-bond donors (Lipinski definition) is 0. The average Bonchev–Trinajstić information content (AvgIpc) is 2.68. The van der Waals surface area contributed by atoms with Gasteiger partial charge >= 0.3 is 0 Å². The highest BCUT2D eigenvalue weighted by molar-refractivity contribution is 6.30. The summed E-state index contributed by atoms with van der Waals surface area (Å²) < 4.78 is 0. The molecular weight excluding hydrogens is 344 g/mol. The molecule has 0 saturated carbocycles. The number of fused-ring (bicyclic) bond motifs is 1. The van der Waals surface area contributed by atoms with Crippen LogP contribution in [0.15, 0.2) is 48.5 Å². The summed E-state index contributed by atoms with van der Waals surface area (Å²) in [5.41, 5.74) is 3.68. The summed E-state index contributed by atoms with van der Waals surface area (Å²) in [6.07, 6.45) is 4.03. The molecule has 0 radical (unpaired) electrons. The van der Waals surface area contributed by atoms with Crippen LogP contribution in [0, 0.1) is 5.92 Å². The lowest BCUT2D eigenvalue weighted by atomic mass is 9.93. The van der Waals surface area contributed by atoms with E-state index in [1.165, 1.54) is 11.1 Å². The van der Waals surface area contributed by atoms with Gasteiger partial charge < -0.3 is 4.90 Å². The maximum absolute atomic E-state index is 13.1. The molecular formula is C22H25ClN2O. The largest absolute Gasteiger partial charge is 0.312 e. The Balaban J connectivity index is 1.37. The normalized spacial score (nSPS) is 18.6. The molecule has 3 nitrogen and oxygen atoms in total. The first-order chi connectivity index (χ1) is 12.7. The van der Waals surface area contributed by atoms with Crippen molar-refractivity contribution < 1.29 is 4.79 Å². The summed E-state index contributed by atoms with van der Waals surface area (Å²) in [6, 6.07) is 16.4. The van der Waals surface area contributed by atoms with Gasteiger partial charge in [-0.15, -0.1) is 0 Å². The number of likely N-dealkylation sites (tertiary alicyclic amines) is 1. The number of carbonyl (C=O) groups is 1. The van der Waals surface area contributed by atoms with E-state index in [0.717, 1.165) is 62.6 Å². The van der Waals surface area contributed by atoms with Crippen LogP contribution in [0.1, 0.15) is 30.4 Å². The summed E-state index contributed by atoms with van der Waals surface area (Å²) in [5, 5.41) is 0.788. The molecule has 2 aliphatic heterocycles. The maximum Gasteiger partial charge on any atom is 0.230 e. The first kappa shape index (κ1) is 17.6. The third-order valence-corrected chi connectivity index (χ3v) is 5.84. The number of anilines is 1. The van der Waals surface area contributed by atoms with Gasteiger partial charge in [0.25, 0.3) is 0 Å². The van der Waals surface area contributed by atoms with E-state index in [4.69, 9.17) is 11.6 Å². The average molecular weight is 369 g/mol. The second-order valence-corrected chi connectivity index (χ2v) is 7.84. The highest BCUT2D eigenvalue weighted by Crippen LogP contribution is 2.30. The van der Waals surface area contributed by atoms with Gasteiger partial charge in [-0.3, -0.25) is 9.69 Å². The Labute approximate surface area is 160 Å². The summed E-state index contributed by atoms with van der Waals surface area (Å²) >= 11 is 6.09. The molecule has 0 atom stereocenters. The molecule has 0 aliphatic carbocycles. The van der Waals surface area contributed by atoms with Gasteiger partial charge in [0.2, 0.25) is 5.91 Å². The van der Waals surface area contributed by atoms with Crippen LogP contribution in [0.5, 0.6) is 0 Å². The molecule has 2 heterocycles. The highest BCUT2D eigenvalue weighted by atomic mass is 35.5. The lowest BCUT2D eigenvalue weighted by Crippen LogP contribution is -2.44. The lowest BCUT2D eigenvalue weighted by molar-refractivity contribution is -0.123. The third-order valence-electron chi connectivity index (χ3n) is 5.61. The van der Waals surface area contributed by atoms with Crippen molar-refractivity contribution in [2.45, 2.75) is 32.2 Å². The number of halogens is 1. The molecule has 1 saturated heterocycles. The number of rotatable bonds is 3. The first-order valence-corrected chi connectivity index (χ1v) is 9.94. The van der Waals surface area contributed by atoms with Crippen LogP contribution in [0.4, 0.5) is 5.69 Å². The Kier molecular flexibility index (Phi) is 5.28. The van der Waals surface area contributed by atoms with Crippen LogP contribution < -0.4 is 4.90 Å². The zero-order valence-electron chi connectivity index (χ0n) is 15.0. The number of para-hydroxylation sites is 1. The van der Waals surface area contributed by atoms with E-state index >= 15 is 0 Å². The molecule has 0 N–H and O–H groups in total. The van der Waals surface area contributed by atoms with Crippen LogP contribution in [-0.2, 0) is 17.8 Å². The van der Waals surface area contributed by atoms with E-state index in [0.29, 0.717) is 5.91 Å². The van der Waals surface area contributed by atoms with E-state index in [1.807, 2.05) is 29.2 Å². The summed E-state index contributed by atoms with van der Waals surface area (Å²) in [5.74, 6) is 0.469. The number of piperidine rings is 1. The van der Waals surface area contributed by atoms with Gasteiger partial charge in [0, 0.05) is 29.7 Å². The van der Waals surface area contributed by atoms with Crippen molar-refractivity contribution in [1.29, 1.82) is 0 Å². The lowest BCUT2D eigenvalue weighted by Gasteiger charge is -2.36. The molecule has 1 fully saturated rings. The monoisotopic (exact) mass is 368 g/mol. The summed E-state index contributed by atoms with van der Waals surface area (Å²) in [7, 11) is 0. The van der Waals surface area contributed by atoms with E-state index in [2.05, 4.69) is 29.2 Å². The number of benzene rings is 2. The smallest absolute Gasteiger partial charge is 0.230 e. The molecule has 2 aromatic rings. The fraction of sp³-hybridized carbons (Fsp3) is 0.409. The van der Waals surface area contributed by atoms with Gasteiger partial charge in [0.05, 0.1) is 0 Å². The number of hydrogen-bond acceptors (Lipinski definition) is 2. The van der Waals surface area contributed by atoms with Crippen molar-refractivity contribution in [2.24, 2.45) is 5.92 Å². The van der Waals surface area contributed by atoms with Crippen LogP contribution in [0.3, 0.4) is 0 Å². The predicted molar refractivity (Wildman–Crippen MR) is 107 cm³/mol.